The van der Waals surface area contributed by atoms with Crippen LogP contribution in [0.3, 0.4) is 0 Å². The molecule has 0 bridgehead atoms. The van der Waals surface area contributed by atoms with Gasteiger partial charge in [-0.3, -0.25) is 19.3 Å². The fourth-order valence-corrected chi connectivity index (χ4v) is 6.64. The van der Waals surface area contributed by atoms with Crippen molar-refractivity contribution in [1.82, 2.24) is 4.90 Å². The van der Waals surface area contributed by atoms with E-state index in [0.717, 1.165) is 24.0 Å². The molecule has 6 rings (SSSR count). The van der Waals surface area contributed by atoms with Crippen molar-refractivity contribution in [2.75, 3.05) is 26.3 Å². The molecule has 204 valence electrons. The standard InChI is InChI=1S/C28H29N3O8/c29-21-17-10-15-9-14-8-13-2-1-12(11-31-3-5-39-6-4-31)7-16(13)22(32)18(14)23(33)19(15)25(35)28(17,38)26(36)20(24(21)34)27(30)37/h1-2,7-8,15,17,21,32,34-35,38H,3-6,9-11,29H2,(H2,30,37)/t15-,17-,21-,28-/m0/s1. The molecule has 1 fully saturated rings. The number of ether oxygens (including phenoxy) is 1. The molecule has 8 N–H and O–H groups in total. The van der Waals surface area contributed by atoms with Crippen molar-refractivity contribution in [1.29, 1.82) is 0 Å². The summed E-state index contributed by atoms with van der Waals surface area (Å²) in [6.07, 6.45) is 0.196. The molecule has 0 unspecified atom stereocenters. The van der Waals surface area contributed by atoms with Crippen LogP contribution in [-0.4, -0.2) is 80.7 Å². The summed E-state index contributed by atoms with van der Waals surface area (Å²) in [5, 5.41) is 45.6. The quantitative estimate of drug-likeness (QED) is 0.301. The Labute approximate surface area is 222 Å². The molecule has 1 heterocycles. The Bertz CT molecular complexity index is 1520. The Morgan fingerprint density at radius 3 is 2.54 bits per heavy atom. The molecule has 3 aliphatic carbocycles. The van der Waals surface area contributed by atoms with Crippen molar-refractivity contribution in [3.8, 4) is 5.75 Å². The average molecular weight is 536 g/mol. The molecule has 0 aromatic heterocycles. The van der Waals surface area contributed by atoms with Crippen LogP contribution in [0.2, 0.25) is 0 Å². The number of nitrogens with zero attached hydrogens (tertiary/aromatic N) is 1. The van der Waals surface area contributed by atoms with Crippen LogP contribution in [0.1, 0.15) is 27.9 Å². The highest BCUT2D eigenvalue weighted by Gasteiger charge is 2.62. The summed E-state index contributed by atoms with van der Waals surface area (Å²) >= 11 is 0. The second-order valence-electron chi connectivity index (χ2n) is 10.8. The molecule has 1 saturated heterocycles. The number of aliphatic hydroxyl groups is 3. The van der Waals surface area contributed by atoms with E-state index < -0.39 is 58.0 Å². The van der Waals surface area contributed by atoms with E-state index >= 15 is 0 Å². The molecule has 0 spiro atoms. The number of benzene rings is 2. The normalized spacial score (nSPS) is 29.3. The number of allylic oxidation sites excluding steroid dienone is 1. The third-order valence-electron chi connectivity index (χ3n) is 8.63. The van der Waals surface area contributed by atoms with Crippen LogP contribution in [0.4, 0.5) is 0 Å². The average Bonchev–Trinajstić information content (AvgIpc) is 2.90. The number of aliphatic hydroxyl groups excluding tert-OH is 2. The molecule has 39 heavy (non-hydrogen) atoms. The number of hydrogen-bond donors (Lipinski definition) is 6. The minimum atomic E-state index is -2.72. The van der Waals surface area contributed by atoms with E-state index in [9.17, 15) is 34.8 Å². The van der Waals surface area contributed by atoms with Gasteiger partial charge in [0.05, 0.1) is 24.8 Å². The number of fused-ring (bicyclic) bond motifs is 4. The molecular weight excluding hydrogens is 506 g/mol. The Morgan fingerprint density at radius 2 is 1.85 bits per heavy atom. The molecular formula is C28H29N3O8. The molecule has 1 amide bonds. The summed E-state index contributed by atoms with van der Waals surface area (Å²) in [5.74, 6) is -7.10. The van der Waals surface area contributed by atoms with Crippen LogP contribution >= 0.6 is 0 Å². The first-order chi connectivity index (χ1) is 18.5. The fourth-order valence-electron chi connectivity index (χ4n) is 6.64. The first-order valence-corrected chi connectivity index (χ1v) is 12.9. The number of nitrogens with two attached hydrogens (primary N) is 2. The fraction of sp³-hybridized carbons (Fsp3) is 0.393. The maximum atomic E-state index is 13.8. The van der Waals surface area contributed by atoms with Crippen molar-refractivity contribution in [2.45, 2.75) is 31.0 Å². The van der Waals surface area contributed by atoms with Gasteiger partial charge in [-0.1, -0.05) is 18.2 Å². The lowest BCUT2D eigenvalue weighted by molar-refractivity contribution is -0.145. The minimum absolute atomic E-state index is 0.00746. The second kappa shape index (κ2) is 8.88. The van der Waals surface area contributed by atoms with Crippen LogP contribution in [0, 0.1) is 11.8 Å². The van der Waals surface area contributed by atoms with Gasteiger partial charge >= 0.3 is 0 Å². The minimum Gasteiger partial charge on any atom is -0.510 e. The monoisotopic (exact) mass is 535 g/mol. The van der Waals surface area contributed by atoms with Crippen LogP contribution < -0.4 is 11.5 Å². The van der Waals surface area contributed by atoms with Crippen molar-refractivity contribution in [3.63, 3.8) is 0 Å². The van der Waals surface area contributed by atoms with Crippen LogP contribution in [0.25, 0.3) is 10.8 Å². The second-order valence-corrected chi connectivity index (χ2v) is 10.8. The number of ketones is 2. The van der Waals surface area contributed by atoms with Crippen LogP contribution in [0.15, 0.2) is 46.9 Å². The largest absolute Gasteiger partial charge is 0.510 e. The molecule has 4 atom stereocenters. The maximum Gasteiger partial charge on any atom is 0.255 e. The van der Waals surface area contributed by atoms with Gasteiger partial charge in [-0.05, 0) is 41.3 Å². The zero-order chi connectivity index (χ0) is 27.8. The van der Waals surface area contributed by atoms with E-state index in [1.165, 1.54) is 0 Å². The molecule has 0 saturated carbocycles. The summed E-state index contributed by atoms with van der Waals surface area (Å²) < 4.78 is 5.40. The lowest BCUT2D eigenvalue weighted by Crippen LogP contribution is -2.63. The van der Waals surface area contributed by atoms with E-state index in [0.29, 0.717) is 30.7 Å². The van der Waals surface area contributed by atoms with Gasteiger partial charge in [-0.15, -0.1) is 0 Å². The van der Waals surface area contributed by atoms with Gasteiger partial charge in [0.25, 0.3) is 5.91 Å². The zero-order valence-electron chi connectivity index (χ0n) is 21.0. The molecule has 11 nitrogen and oxygen atoms in total. The van der Waals surface area contributed by atoms with Gasteiger partial charge in [0.1, 0.15) is 22.8 Å². The Kier molecular flexibility index (Phi) is 5.81. The number of aromatic hydroxyl groups is 1. The number of amides is 1. The van der Waals surface area contributed by atoms with Gasteiger partial charge in [-0.25, -0.2) is 0 Å². The van der Waals surface area contributed by atoms with Gasteiger partial charge < -0.3 is 36.6 Å². The predicted molar refractivity (Wildman–Crippen MR) is 138 cm³/mol. The lowest BCUT2D eigenvalue weighted by atomic mass is 9.59. The first kappa shape index (κ1) is 25.5. The number of Topliss-reactive ketones (excluding diaryl/α,β-unsaturated/α-hetero) is 2. The van der Waals surface area contributed by atoms with E-state index in [-0.39, 0.29) is 29.7 Å². The molecule has 2 aromatic rings. The van der Waals surface area contributed by atoms with E-state index in [2.05, 4.69) is 4.90 Å². The molecule has 11 heteroatoms. The third kappa shape index (κ3) is 3.61. The van der Waals surface area contributed by atoms with Gasteiger partial charge in [-0.2, -0.15) is 0 Å². The van der Waals surface area contributed by atoms with Crippen molar-refractivity contribution in [2.24, 2.45) is 23.3 Å². The zero-order valence-corrected chi connectivity index (χ0v) is 21.0. The third-order valence-corrected chi connectivity index (χ3v) is 8.63. The van der Waals surface area contributed by atoms with Crippen molar-refractivity contribution in [3.05, 3.63) is 63.6 Å². The van der Waals surface area contributed by atoms with Gasteiger partial charge in [0.15, 0.2) is 11.4 Å². The number of phenols is 1. The summed E-state index contributed by atoms with van der Waals surface area (Å²) in [7, 11) is 0. The van der Waals surface area contributed by atoms with Gasteiger partial charge in [0.2, 0.25) is 5.78 Å². The molecule has 2 aromatic carbocycles. The summed E-state index contributed by atoms with van der Waals surface area (Å²) in [6, 6.07) is 6.15. The number of rotatable bonds is 3. The summed E-state index contributed by atoms with van der Waals surface area (Å²) in [4.78, 5) is 41.1. The smallest absolute Gasteiger partial charge is 0.255 e. The van der Waals surface area contributed by atoms with Crippen molar-refractivity contribution < 1.29 is 39.5 Å². The number of hydrogen-bond acceptors (Lipinski definition) is 10. The maximum absolute atomic E-state index is 13.8. The number of primary amides is 1. The van der Waals surface area contributed by atoms with E-state index in [4.69, 9.17) is 16.2 Å². The SMILES string of the molecule is NC(=O)C1=C(O)[C@@H](N)[C@@H]2C[C@@H]3Cc4cc5ccc(CN6CCOCC6)cc5c(O)c4C(=O)C3=C(O)[C@]2(O)C1=O. The van der Waals surface area contributed by atoms with Gasteiger partial charge in [0, 0.05) is 36.5 Å². The van der Waals surface area contributed by atoms with E-state index in [1.807, 2.05) is 24.3 Å². The van der Waals surface area contributed by atoms with Crippen molar-refractivity contribution >= 4 is 28.2 Å². The topological polar surface area (TPSA) is 197 Å². The van der Waals surface area contributed by atoms with E-state index in [1.54, 1.807) is 0 Å². The highest BCUT2D eigenvalue weighted by molar-refractivity contribution is 6.25. The lowest BCUT2D eigenvalue weighted by Gasteiger charge is -2.47. The predicted octanol–water partition coefficient (Wildman–Crippen LogP) is 0.503. The first-order valence-electron chi connectivity index (χ1n) is 12.9. The molecule has 0 radical (unpaired) electrons. The number of carbonyl (C=O) groups is 3. The summed E-state index contributed by atoms with van der Waals surface area (Å²) in [5.41, 5.74) is 9.02. The number of morpholine rings is 1. The number of carbonyl (C=O) groups excluding carboxylic acids is 3. The molecule has 4 aliphatic rings. The summed E-state index contributed by atoms with van der Waals surface area (Å²) in [6.45, 7) is 3.53. The molecule has 1 aliphatic heterocycles. The highest BCUT2D eigenvalue weighted by atomic mass is 16.5. The Morgan fingerprint density at radius 1 is 1.13 bits per heavy atom. The number of phenolic OH excluding ortho intramolecular Hbond substituents is 1. The highest BCUT2D eigenvalue weighted by Crippen LogP contribution is 2.51. The van der Waals surface area contributed by atoms with Crippen LogP contribution in [0.5, 0.6) is 5.75 Å². The Balaban J connectivity index is 1.44. The Hall–Kier alpha value is -3.77. The van der Waals surface area contributed by atoms with Crippen LogP contribution in [-0.2, 0) is 27.3 Å².